The van der Waals surface area contributed by atoms with Crippen molar-refractivity contribution in [1.29, 1.82) is 0 Å². The van der Waals surface area contributed by atoms with Gasteiger partial charge in [-0.05, 0) is 24.7 Å². The molecule has 0 radical (unpaired) electrons. The molecule has 2 N–H and O–H groups in total. The smallest absolute Gasteiger partial charge is 0.419 e. The van der Waals surface area contributed by atoms with Crippen LogP contribution in [0.1, 0.15) is 17.5 Å². The molecule has 0 heterocycles. The molecule has 1 aromatic carbocycles. The minimum absolute atomic E-state index is 0.00602. The maximum Gasteiger partial charge on any atom is 0.419 e. The second kappa shape index (κ2) is 7.14. The lowest BCUT2D eigenvalue weighted by Gasteiger charge is -2.15. The molecule has 0 fully saturated rings. The zero-order valence-corrected chi connectivity index (χ0v) is 11.3. The Morgan fingerprint density at radius 3 is 2.55 bits per heavy atom. The first-order valence-electron chi connectivity index (χ1n) is 6.06. The zero-order valence-electron chi connectivity index (χ0n) is 11.3. The van der Waals surface area contributed by atoms with E-state index in [1.807, 2.05) is 0 Å². The van der Waals surface area contributed by atoms with Crippen molar-refractivity contribution in [3.63, 3.8) is 0 Å². The van der Waals surface area contributed by atoms with Crippen LogP contribution in [-0.2, 0) is 17.5 Å². The summed E-state index contributed by atoms with van der Waals surface area (Å²) in [5, 5.41) is 5.16. The van der Waals surface area contributed by atoms with Crippen LogP contribution >= 0.6 is 0 Å². The Hall–Kier alpha value is -1.76. The molecule has 0 atom stereocenters. The lowest BCUT2D eigenvalue weighted by Crippen LogP contribution is -2.20. The molecule has 4 nitrogen and oxygen atoms in total. The molecular formula is C13H17F3N2O2. The monoisotopic (exact) mass is 290 g/mol. The summed E-state index contributed by atoms with van der Waals surface area (Å²) in [6.45, 7) is 0.232. The van der Waals surface area contributed by atoms with Gasteiger partial charge in [0.15, 0.2) is 0 Å². The maximum atomic E-state index is 12.9. The second-order valence-corrected chi connectivity index (χ2v) is 4.13. The van der Waals surface area contributed by atoms with Crippen molar-refractivity contribution in [2.24, 2.45) is 0 Å². The van der Waals surface area contributed by atoms with Gasteiger partial charge in [-0.2, -0.15) is 13.2 Å². The topological polar surface area (TPSA) is 50.4 Å². The van der Waals surface area contributed by atoms with E-state index < -0.39 is 11.7 Å². The quantitative estimate of drug-likeness (QED) is 0.842. The number of benzene rings is 1. The van der Waals surface area contributed by atoms with Crippen molar-refractivity contribution in [3.05, 3.63) is 29.3 Å². The van der Waals surface area contributed by atoms with Gasteiger partial charge < -0.3 is 15.4 Å². The van der Waals surface area contributed by atoms with Crippen LogP contribution in [0.25, 0.3) is 0 Å². The van der Waals surface area contributed by atoms with Gasteiger partial charge in [0.2, 0.25) is 5.91 Å². The van der Waals surface area contributed by atoms with Crippen molar-refractivity contribution in [2.75, 3.05) is 20.7 Å². The SMILES string of the molecule is CNCc1ccc(OCCC(=O)NC)c(C(F)(F)F)c1. The van der Waals surface area contributed by atoms with Crippen LogP contribution in [0.3, 0.4) is 0 Å². The van der Waals surface area contributed by atoms with Crippen molar-refractivity contribution in [2.45, 2.75) is 19.1 Å². The first kappa shape index (κ1) is 16.3. The third-order valence-electron chi connectivity index (χ3n) is 2.60. The Morgan fingerprint density at radius 1 is 1.30 bits per heavy atom. The first-order valence-corrected chi connectivity index (χ1v) is 6.06. The fourth-order valence-electron chi connectivity index (χ4n) is 1.62. The van der Waals surface area contributed by atoms with Gasteiger partial charge >= 0.3 is 6.18 Å². The largest absolute Gasteiger partial charge is 0.492 e. The van der Waals surface area contributed by atoms with E-state index in [0.717, 1.165) is 6.07 Å². The van der Waals surface area contributed by atoms with Gasteiger partial charge in [0.25, 0.3) is 0 Å². The molecule has 0 spiro atoms. The predicted molar refractivity (Wildman–Crippen MR) is 68.4 cm³/mol. The molecular weight excluding hydrogens is 273 g/mol. The van der Waals surface area contributed by atoms with E-state index in [0.29, 0.717) is 12.1 Å². The Balaban J connectivity index is 2.86. The van der Waals surface area contributed by atoms with Crippen molar-refractivity contribution in [1.82, 2.24) is 10.6 Å². The van der Waals surface area contributed by atoms with Crippen molar-refractivity contribution >= 4 is 5.91 Å². The average molecular weight is 290 g/mol. The highest BCUT2D eigenvalue weighted by molar-refractivity contribution is 5.75. The zero-order chi connectivity index (χ0) is 15.2. The van der Waals surface area contributed by atoms with Crippen molar-refractivity contribution in [3.8, 4) is 5.75 Å². The highest BCUT2D eigenvalue weighted by Crippen LogP contribution is 2.36. The summed E-state index contributed by atoms with van der Waals surface area (Å²) in [5.41, 5.74) is -0.319. The fourth-order valence-corrected chi connectivity index (χ4v) is 1.62. The normalized spacial score (nSPS) is 11.2. The van der Waals surface area contributed by atoms with Crippen LogP contribution in [0.4, 0.5) is 13.2 Å². The molecule has 112 valence electrons. The van der Waals surface area contributed by atoms with Gasteiger partial charge in [-0.3, -0.25) is 4.79 Å². The molecule has 0 bridgehead atoms. The lowest BCUT2D eigenvalue weighted by atomic mass is 10.1. The number of alkyl halides is 3. The highest BCUT2D eigenvalue weighted by Gasteiger charge is 2.34. The standard InChI is InChI=1S/C13H17F3N2O2/c1-17-8-9-3-4-11(10(7-9)13(14,15)16)20-6-5-12(19)18-2/h3-4,7,17H,5-6,8H2,1-2H3,(H,18,19). The van der Waals surface area contributed by atoms with Crippen LogP contribution in [0.5, 0.6) is 5.75 Å². The minimum Gasteiger partial charge on any atom is -0.492 e. The fraction of sp³-hybridized carbons (Fsp3) is 0.462. The number of carbonyl (C=O) groups is 1. The summed E-state index contributed by atoms with van der Waals surface area (Å²) in [6, 6.07) is 3.88. The molecule has 0 saturated carbocycles. The number of rotatable bonds is 6. The molecule has 0 saturated heterocycles. The number of carbonyl (C=O) groups excluding carboxylic acids is 1. The highest BCUT2D eigenvalue weighted by atomic mass is 19.4. The summed E-state index contributed by atoms with van der Waals surface area (Å²) in [5.74, 6) is -0.549. The molecule has 0 aliphatic heterocycles. The van der Waals surface area contributed by atoms with E-state index in [9.17, 15) is 18.0 Å². The Morgan fingerprint density at radius 2 is 2.00 bits per heavy atom. The van der Waals surface area contributed by atoms with Gasteiger partial charge in [0.1, 0.15) is 5.75 Å². The number of ether oxygens (including phenoxy) is 1. The van der Waals surface area contributed by atoms with Gasteiger partial charge in [0.05, 0.1) is 18.6 Å². The van der Waals surface area contributed by atoms with Crippen LogP contribution in [-0.4, -0.2) is 26.6 Å². The van der Waals surface area contributed by atoms with Crippen LogP contribution in [0, 0.1) is 0 Å². The molecule has 20 heavy (non-hydrogen) atoms. The Bertz CT molecular complexity index is 461. The molecule has 0 aliphatic rings. The summed E-state index contributed by atoms with van der Waals surface area (Å²) in [4.78, 5) is 11.0. The van der Waals surface area contributed by atoms with E-state index in [1.165, 1.54) is 13.1 Å². The molecule has 0 aromatic heterocycles. The lowest BCUT2D eigenvalue weighted by molar-refractivity contribution is -0.139. The van der Waals surface area contributed by atoms with Gasteiger partial charge in [0, 0.05) is 13.6 Å². The van der Waals surface area contributed by atoms with Gasteiger partial charge in [-0.25, -0.2) is 0 Å². The number of amides is 1. The summed E-state index contributed by atoms with van der Waals surface area (Å²) >= 11 is 0. The summed E-state index contributed by atoms with van der Waals surface area (Å²) < 4.78 is 43.9. The van der Waals surface area contributed by atoms with E-state index in [4.69, 9.17) is 4.74 Å². The number of halogens is 3. The minimum atomic E-state index is -4.49. The van der Waals surface area contributed by atoms with E-state index in [1.54, 1.807) is 13.1 Å². The molecule has 7 heteroatoms. The average Bonchev–Trinajstić information content (AvgIpc) is 2.39. The maximum absolute atomic E-state index is 12.9. The van der Waals surface area contributed by atoms with Crippen LogP contribution in [0.2, 0.25) is 0 Å². The third kappa shape index (κ3) is 4.73. The number of hydrogen-bond acceptors (Lipinski definition) is 3. The Labute approximate surface area is 115 Å². The molecule has 1 rings (SSSR count). The summed E-state index contributed by atoms with van der Waals surface area (Å²) in [6.07, 6.45) is -4.49. The molecule has 0 aliphatic carbocycles. The van der Waals surface area contributed by atoms with Crippen LogP contribution < -0.4 is 15.4 Å². The van der Waals surface area contributed by atoms with Crippen molar-refractivity contribution < 1.29 is 22.7 Å². The summed E-state index contributed by atoms with van der Waals surface area (Å²) in [7, 11) is 3.11. The second-order valence-electron chi connectivity index (χ2n) is 4.13. The molecule has 0 unspecified atom stereocenters. The number of hydrogen-bond donors (Lipinski definition) is 2. The van der Waals surface area contributed by atoms with E-state index >= 15 is 0 Å². The predicted octanol–water partition coefficient (Wildman–Crippen LogP) is 1.94. The number of nitrogens with one attached hydrogen (secondary N) is 2. The molecule has 1 amide bonds. The van der Waals surface area contributed by atoms with Gasteiger partial charge in [-0.1, -0.05) is 6.07 Å². The Kier molecular flexibility index (Phi) is 5.82. The van der Waals surface area contributed by atoms with E-state index in [2.05, 4.69) is 10.6 Å². The van der Waals surface area contributed by atoms with E-state index in [-0.39, 0.29) is 24.7 Å². The molecule has 1 aromatic rings. The van der Waals surface area contributed by atoms with Crippen LogP contribution in [0.15, 0.2) is 18.2 Å². The first-order chi connectivity index (χ1) is 9.38. The van der Waals surface area contributed by atoms with Gasteiger partial charge in [-0.15, -0.1) is 0 Å². The third-order valence-corrected chi connectivity index (χ3v) is 2.60.